The average Bonchev–Trinajstić information content (AvgIpc) is 3.21. The molecule has 0 heterocycles. The number of rotatable bonds is 26. The third-order valence-electron chi connectivity index (χ3n) is 13.8. The van der Waals surface area contributed by atoms with Gasteiger partial charge in [0.2, 0.25) is 18.1 Å². The summed E-state index contributed by atoms with van der Waals surface area (Å²) >= 11 is 0. The predicted octanol–water partition coefficient (Wildman–Crippen LogP) is 13.5. The van der Waals surface area contributed by atoms with E-state index in [9.17, 15) is 0 Å². The number of hydrogen-bond acceptors (Lipinski definition) is 1. The largest absolute Gasteiger partial charge is 0.446 e. The lowest BCUT2D eigenvalue weighted by molar-refractivity contribution is 0.449. The second-order valence-corrected chi connectivity index (χ2v) is 25.7. The van der Waals surface area contributed by atoms with Gasteiger partial charge >= 0.3 is 0 Å². The molecule has 59 heavy (non-hydrogen) atoms. The standard InChI is InChI=1S/C56H86OSi2/c1-13-17-29-41-53(5,6)45-33-21-25-37-49(45)58(50-38-26-22-34-46(50)54(7,8)42-30-18-14-2)57-59(51-39-27-23-35-47(51)55(9,10)43-31-19-15-3)52-40-28-24-36-48(52)56(11,12)44-32-20-16-4/h21-28,33-40,58-59H,13-20,29-32,41-44H2,1-12H3. The molecular formula is C56H86OSi2. The second-order valence-electron chi connectivity index (χ2n) is 20.6. The molecule has 0 saturated carbocycles. The van der Waals surface area contributed by atoms with Crippen LogP contribution in [0.5, 0.6) is 0 Å². The summed E-state index contributed by atoms with van der Waals surface area (Å²) in [7, 11) is -4.70. The minimum absolute atomic E-state index is 0.0430. The fourth-order valence-corrected chi connectivity index (χ4v) is 18.3. The topological polar surface area (TPSA) is 9.23 Å². The molecule has 0 atom stereocenters. The van der Waals surface area contributed by atoms with Gasteiger partial charge in [-0.25, -0.2) is 0 Å². The number of hydrogen-bond donors (Lipinski definition) is 0. The normalized spacial score (nSPS) is 12.8. The van der Waals surface area contributed by atoms with Crippen molar-refractivity contribution in [2.75, 3.05) is 0 Å². The summed E-state index contributed by atoms with van der Waals surface area (Å²) in [6.07, 6.45) is 19.9. The van der Waals surface area contributed by atoms with Gasteiger partial charge in [0.1, 0.15) is 0 Å². The second kappa shape index (κ2) is 22.9. The van der Waals surface area contributed by atoms with Gasteiger partial charge in [-0.05, 0) is 90.3 Å². The van der Waals surface area contributed by atoms with Crippen LogP contribution in [0, 0.1) is 0 Å². The van der Waals surface area contributed by atoms with E-state index in [1.165, 1.54) is 146 Å². The van der Waals surface area contributed by atoms with Crippen LogP contribution in [0.2, 0.25) is 0 Å². The Bertz CT molecular complexity index is 1570. The van der Waals surface area contributed by atoms with Crippen LogP contribution in [0.4, 0.5) is 0 Å². The Balaban J connectivity index is 2.09. The highest BCUT2D eigenvalue weighted by Crippen LogP contribution is 2.34. The van der Waals surface area contributed by atoms with Crippen LogP contribution < -0.4 is 20.7 Å². The van der Waals surface area contributed by atoms with Crippen molar-refractivity contribution < 1.29 is 4.12 Å². The van der Waals surface area contributed by atoms with Gasteiger partial charge in [-0.15, -0.1) is 0 Å². The monoisotopic (exact) mass is 831 g/mol. The minimum Gasteiger partial charge on any atom is -0.446 e. The van der Waals surface area contributed by atoms with E-state index in [1.54, 1.807) is 0 Å². The summed E-state index contributed by atoms with van der Waals surface area (Å²) in [6.45, 7) is 29.3. The van der Waals surface area contributed by atoms with Crippen molar-refractivity contribution in [2.24, 2.45) is 0 Å². The molecule has 324 valence electrons. The smallest absolute Gasteiger partial charge is 0.229 e. The van der Waals surface area contributed by atoms with Crippen molar-refractivity contribution >= 4 is 38.8 Å². The zero-order valence-corrected chi connectivity index (χ0v) is 42.4. The Morgan fingerprint density at radius 3 is 0.729 bits per heavy atom. The van der Waals surface area contributed by atoms with Gasteiger partial charge in [-0.3, -0.25) is 0 Å². The Morgan fingerprint density at radius 1 is 0.322 bits per heavy atom. The first-order chi connectivity index (χ1) is 28.1. The highest BCUT2D eigenvalue weighted by atomic mass is 28.4. The van der Waals surface area contributed by atoms with Gasteiger partial charge in [0.05, 0.1) is 0 Å². The molecule has 0 aliphatic heterocycles. The fourth-order valence-electron chi connectivity index (χ4n) is 9.94. The first-order valence-corrected chi connectivity index (χ1v) is 27.4. The van der Waals surface area contributed by atoms with Gasteiger partial charge in [0, 0.05) is 0 Å². The van der Waals surface area contributed by atoms with Crippen LogP contribution in [0.15, 0.2) is 97.1 Å². The van der Waals surface area contributed by atoms with E-state index in [2.05, 4.69) is 180 Å². The quantitative estimate of drug-likeness (QED) is 0.0452. The summed E-state index contributed by atoms with van der Waals surface area (Å²) in [5.74, 6) is 0. The van der Waals surface area contributed by atoms with Crippen molar-refractivity contribution in [3.8, 4) is 0 Å². The van der Waals surface area contributed by atoms with Crippen LogP contribution in [0.1, 0.15) is 208 Å². The molecule has 0 amide bonds. The lowest BCUT2D eigenvalue weighted by atomic mass is 9.80. The molecule has 3 heteroatoms. The summed E-state index contributed by atoms with van der Waals surface area (Å²) in [4.78, 5) is 0. The van der Waals surface area contributed by atoms with Gasteiger partial charge in [0.15, 0.2) is 0 Å². The van der Waals surface area contributed by atoms with E-state index in [1.807, 2.05) is 0 Å². The third-order valence-corrected chi connectivity index (χ3v) is 20.2. The molecule has 4 aromatic rings. The maximum absolute atomic E-state index is 8.52. The Kier molecular flexibility index (Phi) is 19.0. The van der Waals surface area contributed by atoms with E-state index in [4.69, 9.17) is 4.12 Å². The first kappa shape index (κ1) is 48.9. The Hall–Kier alpha value is -2.73. The van der Waals surface area contributed by atoms with Crippen LogP contribution in [-0.4, -0.2) is 18.1 Å². The predicted molar refractivity (Wildman–Crippen MR) is 268 cm³/mol. The Morgan fingerprint density at radius 2 is 0.525 bits per heavy atom. The first-order valence-electron chi connectivity index (χ1n) is 24.2. The van der Waals surface area contributed by atoms with E-state index in [0.717, 1.165) is 0 Å². The van der Waals surface area contributed by atoms with E-state index >= 15 is 0 Å². The lowest BCUT2D eigenvalue weighted by Crippen LogP contribution is -2.60. The zero-order chi connectivity index (χ0) is 43.1. The van der Waals surface area contributed by atoms with Crippen LogP contribution in [0.25, 0.3) is 0 Å². The van der Waals surface area contributed by atoms with E-state index in [-0.39, 0.29) is 21.7 Å². The summed E-state index contributed by atoms with van der Waals surface area (Å²) in [5.41, 5.74) is 6.17. The van der Waals surface area contributed by atoms with Gasteiger partial charge < -0.3 is 4.12 Å². The molecule has 4 rings (SSSR count). The number of benzene rings is 4. The van der Waals surface area contributed by atoms with Crippen molar-refractivity contribution in [2.45, 2.75) is 207 Å². The molecule has 0 bridgehead atoms. The fraction of sp³-hybridized carbons (Fsp3) is 0.571. The molecule has 1 nitrogen and oxygen atoms in total. The zero-order valence-electron chi connectivity index (χ0n) is 40.1. The van der Waals surface area contributed by atoms with Gasteiger partial charge in [-0.1, -0.05) is 257 Å². The average molecular weight is 831 g/mol. The summed E-state index contributed by atoms with van der Waals surface area (Å²) < 4.78 is 8.52. The molecular weight excluding hydrogens is 745 g/mol. The summed E-state index contributed by atoms with van der Waals surface area (Å²) in [6, 6.07) is 38.2. The van der Waals surface area contributed by atoms with Crippen LogP contribution in [0.3, 0.4) is 0 Å². The summed E-state index contributed by atoms with van der Waals surface area (Å²) in [5, 5.41) is 5.95. The van der Waals surface area contributed by atoms with Crippen LogP contribution in [-0.2, 0) is 25.8 Å². The highest BCUT2D eigenvalue weighted by molar-refractivity contribution is 6.92. The molecule has 0 spiro atoms. The molecule has 0 aliphatic carbocycles. The molecule has 4 aromatic carbocycles. The van der Waals surface area contributed by atoms with E-state index < -0.39 is 18.1 Å². The van der Waals surface area contributed by atoms with Crippen molar-refractivity contribution in [3.63, 3.8) is 0 Å². The number of unbranched alkanes of at least 4 members (excludes halogenated alkanes) is 8. The molecule has 0 N–H and O–H groups in total. The molecule has 0 saturated heterocycles. The molecule has 0 aliphatic rings. The SMILES string of the molecule is CCCCCC(C)(C)c1ccccc1[SiH](O[SiH](c1ccccc1C(C)(C)CCCCC)c1ccccc1C(C)(C)CCCCC)c1ccccc1C(C)(C)CCCCC. The molecule has 0 fully saturated rings. The maximum Gasteiger partial charge on any atom is 0.229 e. The van der Waals surface area contributed by atoms with Crippen molar-refractivity contribution in [3.05, 3.63) is 119 Å². The van der Waals surface area contributed by atoms with Crippen molar-refractivity contribution in [1.29, 1.82) is 0 Å². The molecule has 0 aromatic heterocycles. The van der Waals surface area contributed by atoms with Crippen molar-refractivity contribution in [1.82, 2.24) is 0 Å². The molecule has 0 radical (unpaired) electrons. The minimum atomic E-state index is -2.35. The lowest BCUT2D eigenvalue weighted by Gasteiger charge is -2.38. The molecule has 0 unspecified atom stereocenters. The Labute approximate surface area is 368 Å². The van der Waals surface area contributed by atoms with Gasteiger partial charge in [-0.2, -0.15) is 0 Å². The third kappa shape index (κ3) is 13.1. The van der Waals surface area contributed by atoms with Crippen LogP contribution >= 0.6 is 0 Å². The maximum atomic E-state index is 8.52. The van der Waals surface area contributed by atoms with Gasteiger partial charge in [0.25, 0.3) is 0 Å². The highest BCUT2D eigenvalue weighted by Gasteiger charge is 2.39. The van der Waals surface area contributed by atoms with E-state index in [0.29, 0.717) is 0 Å².